The largest absolute Gasteiger partial charge is 0.296 e. The summed E-state index contributed by atoms with van der Waals surface area (Å²) in [7, 11) is 0. The van der Waals surface area contributed by atoms with Crippen LogP contribution in [-0.2, 0) is 0 Å². The molecule has 1 rings (SSSR count). The van der Waals surface area contributed by atoms with Crippen LogP contribution in [0.4, 0.5) is 0 Å². The van der Waals surface area contributed by atoms with Crippen molar-refractivity contribution in [1.29, 1.82) is 0 Å². The highest BCUT2D eigenvalue weighted by Crippen LogP contribution is 2.22. The van der Waals surface area contributed by atoms with E-state index in [1.807, 2.05) is 0 Å². The van der Waals surface area contributed by atoms with Crippen LogP contribution in [0.1, 0.15) is 26.7 Å². The third-order valence-electron chi connectivity index (χ3n) is 2.65. The minimum absolute atomic E-state index is 0.706. The normalized spacial score (nSPS) is 29.5. The Morgan fingerprint density at radius 1 is 1.45 bits per heavy atom. The average molecular weight is 176 g/mol. The molecule has 2 unspecified atom stereocenters. The first-order valence-electron chi connectivity index (χ1n) is 4.61. The van der Waals surface area contributed by atoms with Crippen LogP contribution in [0.15, 0.2) is 0 Å². The van der Waals surface area contributed by atoms with Gasteiger partial charge in [0.1, 0.15) is 0 Å². The lowest BCUT2D eigenvalue weighted by Gasteiger charge is -2.12. The molecule has 0 aromatic carbocycles. The minimum Gasteiger partial charge on any atom is -0.296 e. The van der Waals surface area contributed by atoms with Gasteiger partial charge >= 0.3 is 0 Å². The smallest absolute Gasteiger partial charge is 0.0392 e. The summed E-state index contributed by atoms with van der Waals surface area (Å²) in [4.78, 5) is 2.48. The molecule has 1 nitrogen and oxygen atoms in total. The number of nitrogens with zero attached hydrogens (tertiary/aromatic N) is 1. The molecule has 0 amide bonds. The summed E-state index contributed by atoms with van der Waals surface area (Å²) < 4.78 is 0. The lowest BCUT2D eigenvalue weighted by Crippen LogP contribution is -2.14. The molecule has 0 aliphatic carbocycles. The summed E-state index contributed by atoms with van der Waals surface area (Å²) in [5, 5.41) is 0. The van der Waals surface area contributed by atoms with E-state index in [4.69, 9.17) is 11.6 Å². The molecule has 1 fully saturated rings. The van der Waals surface area contributed by atoms with Crippen LogP contribution in [0.25, 0.3) is 0 Å². The SMILES string of the molecule is CCC(CC)CN1CC1CCl. The predicted molar refractivity (Wildman–Crippen MR) is 50.2 cm³/mol. The van der Waals surface area contributed by atoms with Gasteiger partial charge in [-0.2, -0.15) is 0 Å². The molecule has 0 radical (unpaired) electrons. The van der Waals surface area contributed by atoms with Gasteiger partial charge in [0, 0.05) is 25.0 Å². The van der Waals surface area contributed by atoms with Gasteiger partial charge in [0.15, 0.2) is 0 Å². The Bertz CT molecular complexity index is 112. The second-order valence-corrected chi connectivity index (χ2v) is 3.75. The van der Waals surface area contributed by atoms with Crippen molar-refractivity contribution in [3.05, 3.63) is 0 Å². The van der Waals surface area contributed by atoms with Crippen LogP contribution < -0.4 is 0 Å². The zero-order valence-electron chi connectivity index (χ0n) is 7.52. The number of hydrogen-bond acceptors (Lipinski definition) is 1. The second-order valence-electron chi connectivity index (χ2n) is 3.44. The van der Waals surface area contributed by atoms with Gasteiger partial charge < -0.3 is 0 Å². The van der Waals surface area contributed by atoms with E-state index in [-0.39, 0.29) is 0 Å². The summed E-state index contributed by atoms with van der Waals surface area (Å²) >= 11 is 5.72. The van der Waals surface area contributed by atoms with Crippen molar-refractivity contribution in [3.63, 3.8) is 0 Å². The summed E-state index contributed by atoms with van der Waals surface area (Å²) in [5.41, 5.74) is 0. The molecule has 0 aromatic heterocycles. The highest BCUT2D eigenvalue weighted by Gasteiger charge is 2.33. The Kier molecular flexibility index (Phi) is 3.67. The lowest BCUT2D eigenvalue weighted by molar-refractivity contribution is 0.372. The molecule has 66 valence electrons. The summed E-state index contributed by atoms with van der Waals surface area (Å²) in [6.07, 6.45) is 2.62. The maximum Gasteiger partial charge on any atom is 0.0392 e. The van der Waals surface area contributed by atoms with Crippen LogP contribution >= 0.6 is 11.6 Å². The quantitative estimate of drug-likeness (QED) is 0.458. The fraction of sp³-hybridized carbons (Fsp3) is 1.00. The van der Waals surface area contributed by atoms with Gasteiger partial charge in [0.25, 0.3) is 0 Å². The Morgan fingerprint density at radius 2 is 2.09 bits per heavy atom. The zero-order chi connectivity index (χ0) is 8.27. The van der Waals surface area contributed by atoms with E-state index in [0.717, 1.165) is 11.8 Å². The van der Waals surface area contributed by atoms with Crippen LogP contribution in [0, 0.1) is 5.92 Å². The molecule has 11 heavy (non-hydrogen) atoms. The third-order valence-corrected chi connectivity index (χ3v) is 3.01. The average Bonchev–Trinajstić information content (AvgIpc) is 2.78. The van der Waals surface area contributed by atoms with Gasteiger partial charge in [-0.15, -0.1) is 11.6 Å². The predicted octanol–water partition coefficient (Wildman–Crippen LogP) is 2.35. The first-order chi connectivity index (χ1) is 5.31. The standard InChI is InChI=1S/C9H18ClN/c1-3-8(4-2)6-11-7-9(11)5-10/h8-9H,3-7H2,1-2H3. The van der Waals surface area contributed by atoms with E-state index in [1.165, 1.54) is 25.9 Å². The van der Waals surface area contributed by atoms with E-state index in [9.17, 15) is 0 Å². The molecule has 0 spiro atoms. The first-order valence-corrected chi connectivity index (χ1v) is 5.15. The molecule has 1 aliphatic rings. The van der Waals surface area contributed by atoms with Crippen molar-refractivity contribution in [2.45, 2.75) is 32.7 Å². The van der Waals surface area contributed by atoms with Gasteiger partial charge in [-0.25, -0.2) is 0 Å². The molecule has 1 saturated heterocycles. The molecule has 2 atom stereocenters. The molecule has 0 bridgehead atoms. The first kappa shape index (κ1) is 9.34. The molecule has 0 aromatic rings. The molecular weight excluding hydrogens is 158 g/mol. The maximum atomic E-state index is 5.72. The lowest BCUT2D eigenvalue weighted by atomic mass is 10.0. The third kappa shape index (κ3) is 2.64. The Balaban J connectivity index is 2.11. The van der Waals surface area contributed by atoms with Crippen LogP contribution in [0.2, 0.25) is 0 Å². The number of halogens is 1. The van der Waals surface area contributed by atoms with Crippen molar-refractivity contribution < 1.29 is 0 Å². The van der Waals surface area contributed by atoms with E-state index < -0.39 is 0 Å². The summed E-state index contributed by atoms with van der Waals surface area (Å²) in [6, 6.07) is 0.706. The van der Waals surface area contributed by atoms with Gasteiger partial charge in [-0.3, -0.25) is 4.90 Å². The minimum atomic E-state index is 0.706. The molecule has 0 N–H and O–H groups in total. The Labute approximate surface area is 74.7 Å². The fourth-order valence-corrected chi connectivity index (χ4v) is 1.76. The van der Waals surface area contributed by atoms with Crippen LogP contribution in [0.5, 0.6) is 0 Å². The van der Waals surface area contributed by atoms with Crippen LogP contribution in [-0.4, -0.2) is 29.9 Å². The van der Waals surface area contributed by atoms with Crippen molar-refractivity contribution in [2.75, 3.05) is 19.0 Å². The van der Waals surface area contributed by atoms with Crippen molar-refractivity contribution in [1.82, 2.24) is 4.90 Å². The van der Waals surface area contributed by atoms with E-state index in [2.05, 4.69) is 18.7 Å². The molecule has 1 aliphatic heterocycles. The Hall–Kier alpha value is 0.250. The number of alkyl halides is 1. The maximum absolute atomic E-state index is 5.72. The van der Waals surface area contributed by atoms with Gasteiger partial charge in [0.2, 0.25) is 0 Å². The number of rotatable bonds is 5. The van der Waals surface area contributed by atoms with E-state index in [0.29, 0.717) is 6.04 Å². The Morgan fingerprint density at radius 3 is 2.45 bits per heavy atom. The van der Waals surface area contributed by atoms with E-state index in [1.54, 1.807) is 0 Å². The summed E-state index contributed by atoms with van der Waals surface area (Å²) in [5.74, 6) is 1.71. The zero-order valence-corrected chi connectivity index (χ0v) is 8.27. The highest BCUT2D eigenvalue weighted by molar-refractivity contribution is 6.18. The van der Waals surface area contributed by atoms with Crippen molar-refractivity contribution in [3.8, 4) is 0 Å². The van der Waals surface area contributed by atoms with Crippen LogP contribution in [0.3, 0.4) is 0 Å². The molecule has 1 heterocycles. The van der Waals surface area contributed by atoms with Gasteiger partial charge in [0.05, 0.1) is 0 Å². The van der Waals surface area contributed by atoms with Gasteiger partial charge in [-0.05, 0) is 5.92 Å². The molecule has 2 heteroatoms. The van der Waals surface area contributed by atoms with Gasteiger partial charge in [-0.1, -0.05) is 26.7 Å². The van der Waals surface area contributed by atoms with Crippen molar-refractivity contribution in [2.24, 2.45) is 5.92 Å². The summed E-state index contributed by atoms with van der Waals surface area (Å²) in [6.45, 7) is 7.05. The van der Waals surface area contributed by atoms with Crippen molar-refractivity contribution >= 4 is 11.6 Å². The number of hydrogen-bond donors (Lipinski definition) is 0. The monoisotopic (exact) mass is 175 g/mol. The highest BCUT2D eigenvalue weighted by atomic mass is 35.5. The van der Waals surface area contributed by atoms with E-state index >= 15 is 0 Å². The molecule has 0 saturated carbocycles. The topological polar surface area (TPSA) is 3.01 Å². The second kappa shape index (κ2) is 4.32. The fourth-order valence-electron chi connectivity index (χ4n) is 1.47. The molecular formula is C9H18ClN.